The standard InChI is InChI=1S/C21H24N2O3/c1-15-5-3-6-17(13-15)19-7-4-12-23(19)14-20(24)22-18-10-8-16(9-11-18)21(25)26-2/h3,5-6,8-11,13,19H,4,7,12,14H2,1-2H3,(H,22,24). The summed E-state index contributed by atoms with van der Waals surface area (Å²) in [6.07, 6.45) is 2.17. The van der Waals surface area contributed by atoms with Crippen molar-refractivity contribution in [2.45, 2.75) is 25.8 Å². The minimum atomic E-state index is -0.388. The maximum absolute atomic E-state index is 12.4. The number of hydrogen-bond acceptors (Lipinski definition) is 4. The number of ether oxygens (including phenoxy) is 1. The maximum atomic E-state index is 12.4. The number of nitrogens with one attached hydrogen (secondary N) is 1. The number of aryl methyl sites for hydroxylation is 1. The summed E-state index contributed by atoms with van der Waals surface area (Å²) in [5, 5.41) is 2.90. The van der Waals surface area contributed by atoms with Gasteiger partial charge in [-0.15, -0.1) is 0 Å². The number of amides is 1. The molecule has 1 saturated heterocycles. The van der Waals surface area contributed by atoms with Gasteiger partial charge in [-0.1, -0.05) is 29.8 Å². The van der Waals surface area contributed by atoms with Crippen LogP contribution in [0.15, 0.2) is 48.5 Å². The van der Waals surface area contributed by atoms with Gasteiger partial charge in [0.15, 0.2) is 0 Å². The van der Waals surface area contributed by atoms with Crippen LogP contribution in [0.25, 0.3) is 0 Å². The quantitative estimate of drug-likeness (QED) is 0.836. The van der Waals surface area contributed by atoms with E-state index in [1.807, 2.05) is 0 Å². The topological polar surface area (TPSA) is 58.6 Å². The van der Waals surface area contributed by atoms with Crippen molar-refractivity contribution in [3.05, 3.63) is 65.2 Å². The molecule has 0 aliphatic carbocycles. The molecule has 2 aromatic rings. The number of rotatable bonds is 5. The monoisotopic (exact) mass is 352 g/mol. The molecule has 1 atom stereocenters. The minimum absolute atomic E-state index is 0.0460. The van der Waals surface area contributed by atoms with Crippen molar-refractivity contribution in [2.24, 2.45) is 0 Å². The molecule has 1 heterocycles. The van der Waals surface area contributed by atoms with Crippen LogP contribution in [0.3, 0.4) is 0 Å². The zero-order valence-corrected chi connectivity index (χ0v) is 15.2. The van der Waals surface area contributed by atoms with Crippen LogP contribution in [0.2, 0.25) is 0 Å². The van der Waals surface area contributed by atoms with Gasteiger partial charge in [0, 0.05) is 11.7 Å². The number of carbonyl (C=O) groups is 2. The van der Waals surface area contributed by atoms with E-state index in [9.17, 15) is 9.59 Å². The Morgan fingerprint density at radius 3 is 2.65 bits per heavy atom. The summed E-state index contributed by atoms with van der Waals surface area (Å²) in [5.74, 6) is -0.434. The van der Waals surface area contributed by atoms with Gasteiger partial charge in [-0.3, -0.25) is 9.69 Å². The second-order valence-electron chi connectivity index (χ2n) is 6.66. The number of esters is 1. The third kappa shape index (κ3) is 4.29. The number of anilines is 1. The smallest absolute Gasteiger partial charge is 0.337 e. The van der Waals surface area contributed by atoms with Crippen molar-refractivity contribution in [1.82, 2.24) is 4.90 Å². The van der Waals surface area contributed by atoms with E-state index in [4.69, 9.17) is 0 Å². The Labute approximate surface area is 154 Å². The van der Waals surface area contributed by atoms with Gasteiger partial charge in [-0.2, -0.15) is 0 Å². The summed E-state index contributed by atoms with van der Waals surface area (Å²) < 4.78 is 4.68. The lowest BCUT2D eigenvalue weighted by molar-refractivity contribution is -0.117. The van der Waals surface area contributed by atoms with Crippen molar-refractivity contribution in [3.8, 4) is 0 Å². The molecule has 5 heteroatoms. The van der Waals surface area contributed by atoms with Crippen LogP contribution in [-0.2, 0) is 9.53 Å². The van der Waals surface area contributed by atoms with E-state index >= 15 is 0 Å². The van der Waals surface area contributed by atoms with Crippen molar-refractivity contribution < 1.29 is 14.3 Å². The Hall–Kier alpha value is -2.66. The van der Waals surface area contributed by atoms with Crippen LogP contribution in [0.4, 0.5) is 5.69 Å². The molecule has 2 aromatic carbocycles. The number of hydrogen-bond donors (Lipinski definition) is 1. The molecule has 1 aliphatic rings. The van der Waals surface area contributed by atoms with Gasteiger partial charge < -0.3 is 10.1 Å². The molecule has 26 heavy (non-hydrogen) atoms. The van der Waals surface area contributed by atoms with Gasteiger partial charge >= 0.3 is 5.97 Å². The minimum Gasteiger partial charge on any atom is -0.465 e. The fraction of sp³-hybridized carbons (Fsp3) is 0.333. The zero-order chi connectivity index (χ0) is 18.5. The van der Waals surface area contributed by atoms with Crippen LogP contribution in [0, 0.1) is 6.92 Å². The van der Waals surface area contributed by atoms with Crippen LogP contribution in [-0.4, -0.2) is 37.0 Å². The third-order valence-corrected chi connectivity index (χ3v) is 4.73. The van der Waals surface area contributed by atoms with Crippen LogP contribution in [0.5, 0.6) is 0 Å². The van der Waals surface area contributed by atoms with Crippen LogP contribution in [0.1, 0.15) is 40.4 Å². The second-order valence-corrected chi connectivity index (χ2v) is 6.66. The first-order valence-corrected chi connectivity index (χ1v) is 8.85. The summed E-state index contributed by atoms with van der Waals surface area (Å²) in [6, 6.07) is 15.5. The Balaban J connectivity index is 1.61. The molecule has 0 radical (unpaired) electrons. The third-order valence-electron chi connectivity index (χ3n) is 4.73. The Morgan fingerprint density at radius 1 is 1.19 bits per heavy atom. The van der Waals surface area contributed by atoms with Gasteiger partial charge in [0.05, 0.1) is 19.2 Å². The van der Waals surface area contributed by atoms with Crippen LogP contribution < -0.4 is 5.32 Å². The summed E-state index contributed by atoms with van der Waals surface area (Å²) >= 11 is 0. The highest BCUT2D eigenvalue weighted by Crippen LogP contribution is 2.31. The highest BCUT2D eigenvalue weighted by Gasteiger charge is 2.27. The molecule has 1 aliphatic heterocycles. The number of carbonyl (C=O) groups excluding carboxylic acids is 2. The molecule has 0 aromatic heterocycles. The molecule has 1 N–H and O–H groups in total. The van der Waals surface area contributed by atoms with Gasteiger partial charge in [-0.25, -0.2) is 4.79 Å². The molecule has 0 spiro atoms. The summed E-state index contributed by atoms with van der Waals surface area (Å²) in [6.45, 7) is 3.37. The fourth-order valence-electron chi connectivity index (χ4n) is 3.46. The summed E-state index contributed by atoms with van der Waals surface area (Å²) in [7, 11) is 1.35. The van der Waals surface area contributed by atoms with Gasteiger partial charge in [0.25, 0.3) is 0 Å². The predicted octanol–water partition coefficient (Wildman–Crippen LogP) is 3.56. The Bertz CT molecular complexity index is 786. The second kappa shape index (κ2) is 8.15. The molecule has 1 unspecified atom stereocenters. The highest BCUT2D eigenvalue weighted by atomic mass is 16.5. The van der Waals surface area contributed by atoms with E-state index in [1.54, 1.807) is 24.3 Å². The average molecular weight is 352 g/mol. The van der Waals surface area contributed by atoms with Gasteiger partial charge in [0.1, 0.15) is 0 Å². The first kappa shape index (κ1) is 18.1. The Morgan fingerprint density at radius 2 is 1.96 bits per heavy atom. The highest BCUT2D eigenvalue weighted by molar-refractivity contribution is 5.94. The largest absolute Gasteiger partial charge is 0.465 e. The van der Waals surface area contributed by atoms with Crippen LogP contribution >= 0.6 is 0 Å². The number of methoxy groups -OCH3 is 1. The lowest BCUT2D eigenvalue weighted by Gasteiger charge is -2.24. The fourth-order valence-corrected chi connectivity index (χ4v) is 3.46. The first-order chi connectivity index (χ1) is 12.6. The number of nitrogens with zero attached hydrogens (tertiary/aromatic N) is 1. The lowest BCUT2D eigenvalue weighted by Crippen LogP contribution is -2.33. The molecular weight excluding hydrogens is 328 g/mol. The Kier molecular flexibility index (Phi) is 5.68. The van der Waals surface area contributed by atoms with E-state index < -0.39 is 0 Å². The van der Waals surface area contributed by atoms with E-state index in [1.165, 1.54) is 18.2 Å². The van der Waals surface area contributed by atoms with Crippen molar-refractivity contribution in [3.63, 3.8) is 0 Å². The maximum Gasteiger partial charge on any atom is 0.337 e. The van der Waals surface area contributed by atoms with E-state index in [0.29, 0.717) is 23.8 Å². The number of likely N-dealkylation sites (tertiary alicyclic amines) is 1. The average Bonchev–Trinajstić information content (AvgIpc) is 3.09. The van der Waals surface area contributed by atoms with E-state index in [0.717, 1.165) is 19.4 Å². The molecule has 0 bridgehead atoms. The predicted molar refractivity (Wildman–Crippen MR) is 101 cm³/mol. The molecular formula is C21H24N2O3. The first-order valence-electron chi connectivity index (χ1n) is 8.85. The molecule has 0 saturated carbocycles. The van der Waals surface area contributed by atoms with Crippen molar-refractivity contribution in [1.29, 1.82) is 0 Å². The van der Waals surface area contributed by atoms with Crippen molar-refractivity contribution in [2.75, 3.05) is 25.5 Å². The van der Waals surface area contributed by atoms with Crippen molar-refractivity contribution >= 4 is 17.6 Å². The summed E-state index contributed by atoms with van der Waals surface area (Å²) in [4.78, 5) is 26.1. The summed E-state index contributed by atoms with van der Waals surface area (Å²) in [5.41, 5.74) is 3.65. The molecule has 136 valence electrons. The number of benzene rings is 2. The van der Waals surface area contributed by atoms with E-state index in [-0.39, 0.29) is 11.9 Å². The SMILES string of the molecule is COC(=O)c1ccc(NC(=O)CN2CCCC2c2cccc(C)c2)cc1. The van der Waals surface area contributed by atoms with E-state index in [2.05, 4.69) is 46.1 Å². The molecule has 3 rings (SSSR count). The normalized spacial score (nSPS) is 17.1. The van der Waals surface area contributed by atoms with Gasteiger partial charge in [0.2, 0.25) is 5.91 Å². The lowest BCUT2D eigenvalue weighted by atomic mass is 10.0. The van der Waals surface area contributed by atoms with Gasteiger partial charge in [-0.05, 0) is 56.1 Å². The zero-order valence-electron chi connectivity index (χ0n) is 15.2. The molecule has 1 amide bonds. The molecule has 5 nitrogen and oxygen atoms in total. The molecule has 1 fully saturated rings.